The van der Waals surface area contributed by atoms with Gasteiger partial charge in [-0.15, -0.1) is 17.8 Å². The van der Waals surface area contributed by atoms with Crippen molar-refractivity contribution in [1.29, 1.82) is 0 Å². The van der Waals surface area contributed by atoms with Crippen molar-refractivity contribution in [3.05, 3.63) is 52.0 Å². The van der Waals surface area contributed by atoms with E-state index < -0.39 is 0 Å². The fourth-order valence-corrected chi connectivity index (χ4v) is 1.87. The summed E-state index contributed by atoms with van der Waals surface area (Å²) in [6, 6.07) is 10.4. The number of rotatable bonds is 3. The van der Waals surface area contributed by atoms with Crippen LogP contribution in [0.1, 0.15) is 10.4 Å². The molecule has 1 nitrogen and oxygen atoms in total. The van der Waals surface area contributed by atoms with Gasteiger partial charge in [-0.05, 0) is 36.4 Å². The number of hydrogen-bond acceptors (Lipinski definition) is 2. The zero-order chi connectivity index (χ0) is 11.4. The molecule has 0 spiro atoms. The Balaban J connectivity index is 1.97. The van der Waals surface area contributed by atoms with Crippen LogP contribution >= 0.6 is 11.3 Å². The van der Waals surface area contributed by atoms with Crippen molar-refractivity contribution < 1.29 is 9.13 Å². The Kier molecular flexibility index (Phi) is 3.23. The molecule has 1 aromatic carbocycles. The first-order valence-electron chi connectivity index (χ1n) is 4.71. The molecule has 3 heteroatoms. The lowest BCUT2D eigenvalue weighted by Gasteiger charge is -2.03. The van der Waals surface area contributed by atoms with Crippen LogP contribution in [-0.2, 0) is 6.61 Å². The maximum atomic E-state index is 12.7. The second kappa shape index (κ2) is 4.82. The maximum Gasteiger partial charge on any atom is 0.176 e. The van der Waals surface area contributed by atoms with Crippen molar-refractivity contribution in [3.8, 4) is 18.1 Å². The third-order valence-corrected chi connectivity index (χ3v) is 2.88. The van der Waals surface area contributed by atoms with E-state index in [4.69, 9.17) is 11.2 Å². The average molecular weight is 232 g/mol. The Morgan fingerprint density at radius 2 is 1.94 bits per heavy atom. The van der Waals surface area contributed by atoms with Gasteiger partial charge in [0, 0.05) is 10.4 Å². The first kappa shape index (κ1) is 10.7. The van der Waals surface area contributed by atoms with Crippen molar-refractivity contribution in [3.63, 3.8) is 0 Å². The van der Waals surface area contributed by atoms with E-state index in [1.807, 2.05) is 12.1 Å². The highest BCUT2D eigenvalue weighted by Gasteiger charge is 2.00. The van der Waals surface area contributed by atoms with Crippen LogP contribution in [0.2, 0.25) is 0 Å². The standard InChI is InChI=1S/C13H9FOS/c1-2-10-3-5-11(6-4-10)15-9-12-7-8-13(14)16-12/h1,3-8H,9H2. The predicted molar refractivity (Wildman–Crippen MR) is 63.0 cm³/mol. The Morgan fingerprint density at radius 1 is 1.19 bits per heavy atom. The average Bonchev–Trinajstić information content (AvgIpc) is 2.73. The highest BCUT2D eigenvalue weighted by Crippen LogP contribution is 2.18. The maximum absolute atomic E-state index is 12.7. The lowest BCUT2D eigenvalue weighted by atomic mass is 10.2. The molecule has 0 atom stereocenters. The van der Waals surface area contributed by atoms with E-state index in [2.05, 4.69) is 5.92 Å². The van der Waals surface area contributed by atoms with Crippen LogP contribution in [0.3, 0.4) is 0 Å². The van der Waals surface area contributed by atoms with Crippen molar-refractivity contribution >= 4 is 11.3 Å². The molecule has 0 unspecified atom stereocenters. The summed E-state index contributed by atoms with van der Waals surface area (Å²) in [4.78, 5) is 0.860. The van der Waals surface area contributed by atoms with Crippen molar-refractivity contribution in [1.82, 2.24) is 0 Å². The zero-order valence-electron chi connectivity index (χ0n) is 8.44. The molecule has 0 amide bonds. The quantitative estimate of drug-likeness (QED) is 0.736. The molecule has 0 saturated carbocycles. The van der Waals surface area contributed by atoms with E-state index in [9.17, 15) is 4.39 Å². The van der Waals surface area contributed by atoms with Gasteiger partial charge >= 0.3 is 0 Å². The number of benzene rings is 1. The zero-order valence-corrected chi connectivity index (χ0v) is 9.26. The molecule has 0 radical (unpaired) electrons. The molecule has 0 fully saturated rings. The van der Waals surface area contributed by atoms with Gasteiger partial charge in [-0.1, -0.05) is 5.92 Å². The van der Waals surface area contributed by atoms with Gasteiger partial charge in [0.2, 0.25) is 0 Å². The van der Waals surface area contributed by atoms with Gasteiger partial charge in [-0.2, -0.15) is 4.39 Å². The summed E-state index contributed by atoms with van der Waals surface area (Å²) < 4.78 is 18.2. The number of thiophene rings is 1. The molecule has 1 aromatic heterocycles. The van der Waals surface area contributed by atoms with Crippen LogP contribution in [0.5, 0.6) is 5.75 Å². The minimum Gasteiger partial charge on any atom is -0.488 e. The molecule has 2 rings (SSSR count). The molecule has 0 aliphatic carbocycles. The number of halogens is 1. The van der Waals surface area contributed by atoms with Gasteiger partial charge in [0.05, 0.1) is 0 Å². The van der Waals surface area contributed by atoms with Crippen LogP contribution in [0.15, 0.2) is 36.4 Å². The third kappa shape index (κ3) is 2.62. The summed E-state index contributed by atoms with van der Waals surface area (Å²) in [6.07, 6.45) is 5.24. The minimum absolute atomic E-state index is 0.193. The van der Waals surface area contributed by atoms with Crippen LogP contribution in [-0.4, -0.2) is 0 Å². The second-order valence-electron chi connectivity index (χ2n) is 3.16. The molecule has 0 N–H and O–H groups in total. The normalized spacial score (nSPS) is 9.75. The molecule has 16 heavy (non-hydrogen) atoms. The molecule has 0 saturated heterocycles. The predicted octanol–water partition coefficient (Wildman–Crippen LogP) is 3.45. The molecule has 0 aliphatic rings. The molecule has 0 bridgehead atoms. The molecule has 0 aliphatic heterocycles. The fourth-order valence-electron chi connectivity index (χ4n) is 1.23. The fraction of sp³-hybridized carbons (Fsp3) is 0.0769. The van der Waals surface area contributed by atoms with E-state index in [0.29, 0.717) is 6.61 Å². The van der Waals surface area contributed by atoms with E-state index in [1.165, 1.54) is 6.07 Å². The first-order valence-corrected chi connectivity index (χ1v) is 5.53. The Hall–Kier alpha value is -1.79. The van der Waals surface area contributed by atoms with Crippen LogP contribution in [0.4, 0.5) is 4.39 Å². The number of terminal acetylenes is 1. The summed E-state index contributed by atoms with van der Waals surface area (Å²) in [6.45, 7) is 0.379. The third-order valence-electron chi connectivity index (χ3n) is 2.03. The van der Waals surface area contributed by atoms with Gasteiger partial charge in [0.25, 0.3) is 0 Å². The molecule has 80 valence electrons. The van der Waals surface area contributed by atoms with E-state index in [0.717, 1.165) is 27.5 Å². The SMILES string of the molecule is C#Cc1ccc(OCc2ccc(F)s2)cc1. The summed E-state index contributed by atoms with van der Waals surface area (Å²) >= 11 is 1.09. The smallest absolute Gasteiger partial charge is 0.176 e. The summed E-state index contributed by atoms with van der Waals surface area (Å²) in [7, 11) is 0. The number of hydrogen-bond donors (Lipinski definition) is 0. The van der Waals surface area contributed by atoms with Gasteiger partial charge < -0.3 is 4.74 Å². The second-order valence-corrected chi connectivity index (χ2v) is 4.28. The summed E-state index contributed by atoms with van der Waals surface area (Å²) in [5, 5.41) is -0.193. The topological polar surface area (TPSA) is 9.23 Å². The van der Waals surface area contributed by atoms with Crippen molar-refractivity contribution in [2.75, 3.05) is 0 Å². The molecule has 2 aromatic rings. The van der Waals surface area contributed by atoms with E-state index >= 15 is 0 Å². The summed E-state index contributed by atoms with van der Waals surface area (Å²) in [5.41, 5.74) is 0.814. The van der Waals surface area contributed by atoms with Crippen LogP contribution < -0.4 is 4.74 Å². The van der Waals surface area contributed by atoms with Crippen molar-refractivity contribution in [2.24, 2.45) is 0 Å². The molecule has 1 heterocycles. The van der Waals surface area contributed by atoms with Gasteiger partial charge in [-0.3, -0.25) is 0 Å². The lowest BCUT2D eigenvalue weighted by molar-refractivity contribution is 0.310. The van der Waals surface area contributed by atoms with Gasteiger partial charge in [0.15, 0.2) is 5.13 Å². The Labute approximate surface area is 97.5 Å². The van der Waals surface area contributed by atoms with Crippen LogP contribution in [0, 0.1) is 17.5 Å². The van der Waals surface area contributed by atoms with Gasteiger partial charge in [-0.25, -0.2) is 0 Å². The first-order chi connectivity index (χ1) is 7.78. The Bertz CT molecular complexity index is 507. The van der Waals surface area contributed by atoms with E-state index in [-0.39, 0.29) is 5.13 Å². The largest absolute Gasteiger partial charge is 0.488 e. The van der Waals surface area contributed by atoms with E-state index in [1.54, 1.807) is 18.2 Å². The minimum atomic E-state index is -0.193. The highest BCUT2D eigenvalue weighted by atomic mass is 32.1. The monoisotopic (exact) mass is 232 g/mol. The number of ether oxygens (including phenoxy) is 1. The lowest BCUT2D eigenvalue weighted by Crippen LogP contribution is -1.92. The van der Waals surface area contributed by atoms with Crippen molar-refractivity contribution in [2.45, 2.75) is 6.61 Å². The summed E-state index contributed by atoms with van der Waals surface area (Å²) in [5.74, 6) is 3.26. The van der Waals surface area contributed by atoms with Gasteiger partial charge in [0.1, 0.15) is 12.4 Å². The highest BCUT2D eigenvalue weighted by molar-refractivity contribution is 7.10. The molecular formula is C13H9FOS. The van der Waals surface area contributed by atoms with Crippen LogP contribution in [0.25, 0.3) is 0 Å². The molecular weight excluding hydrogens is 223 g/mol. The Morgan fingerprint density at radius 3 is 2.50 bits per heavy atom.